The number of rotatable bonds is 6. The monoisotopic (exact) mass is 319 g/mol. The van der Waals surface area contributed by atoms with Crippen LogP contribution in [0.1, 0.15) is 26.2 Å². The average molecular weight is 319 g/mol. The number of sulfone groups is 1. The largest absolute Gasteiger partial charge is 0.368 e. The van der Waals surface area contributed by atoms with Crippen LogP contribution in [0.5, 0.6) is 0 Å². The first-order chi connectivity index (χ1) is 9.94. The van der Waals surface area contributed by atoms with Gasteiger partial charge in [0.15, 0.2) is 33.1 Å². The molecule has 0 bridgehead atoms. The Balaban J connectivity index is 2.09. The van der Waals surface area contributed by atoms with Gasteiger partial charge in [0.25, 0.3) is 0 Å². The molecular formula is C13H19F2N3O2S. The van der Waals surface area contributed by atoms with Crippen molar-refractivity contribution in [1.29, 1.82) is 0 Å². The molecule has 1 saturated heterocycles. The Morgan fingerprint density at radius 3 is 2.52 bits per heavy atom. The van der Waals surface area contributed by atoms with Crippen molar-refractivity contribution in [3.63, 3.8) is 0 Å². The highest BCUT2D eigenvalue weighted by atomic mass is 32.2. The molecule has 0 spiro atoms. The number of nitrogens with zero attached hydrogens (tertiary/aromatic N) is 1. The molecule has 1 aliphatic rings. The van der Waals surface area contributed by atoms with Gasteiger partial charge in [-0.05, 0) is 19.3 Å². The van der Waals surface area contributed by atoms with Crippen LogP contribution in [0.3, 0.4) is 0 Å². The molecule has 1 aromatic heterocycles. The minimum Gasteiger partial charge on any atom is -0.368 e. The van der Waals surface area contributed by atoms with Crippen molar-refractivity contribution in [1.82, 2.24) is 4.98 Å². The molecule has 2 rings (SSSR count). The quantitative estimate of drug-likeness (QED) is 0.841. The summed E-state index contributed by atoms with van der Waals surface area (Å²) in [7, 11) is -3.10. The zero-order valence-electron chi connectivity index (χ0n) is 11.8. The van der Waals surface area contributed by atoms with Gasteiger partial charge in [0.2, 0.25) is 0 Å². The Bertz CT molecular complexity index is 608. The maximum Gasteiger partial charge on any atom is 0.168 e. The van der Waals surface area contributed by atoms with Gasteiger partial charge in [0.1, 0.15) is 0 Å². The van der Waals surface area contributed by atoms with Crippen LogP contribution in [0.25, 0.3) is 0 Å². The smallest absolute Gasteiger partial charge is 0.168 e. The Morgan fingerprint density at radius 1 is 1.29 bits per heavy atom. The van der Waals surface area contributed by atoms with Gasteiger partial charge in [-0.15, -0.1) is 0 Å². The lowest BCUT2D eigenvalue weighted by Gasteiger charge is -2.13. The molecule has 0 aromatic carbocycles. The SMILES string of the molecule is CCCNc1nc(NCC2CCCS2(=O)=O)c(F)cc1F. The van der Waals surface area contributed by atoms with Gasteiger partial charge < -0.3 is 10.6 Å². The molecule has 0 saturated carbocycles. The number of aromatic nitrogens is 1. The van der Waals surface area contributed by atoms with E-state index in [1.165, 1.54) is 0 Å². The Hall–Kier alpha value is -1.44. The van der Waals surface area contributed by atoms with E-state index >= 15 is 0 Å². The van der Waals surface area contributed by atoms with Gasteiger partial charge in [-0.25, -0.2) is 22.2 Å². The van der Waals surface area contributed by atoms with E-state index in [0.29, 0.717) is 19.4 Å². The van der Waals surface area contributed by atoms with Crippen molar-refractivity contribution in [3.8, 4) is 0 Å². The van der Waals surface area contributed by atoms with Gasteiger partial charge in [0, 0.05) is 19.2 Å². The van der Waals surface area contributed by atoms with E-state index in [4.69, 9.17) is 0 Å². The predicted molar refractivity (Wildman–Crippen MR) is 78.2 cm³/mol. The van der Waals surface area contributed by atoms with Crippen LogP contribution >= 0.6 is 0 Å². The van der Waals surface area contributed by atoms with Crippen molar-refractivity contribution >= 4 is 21.5 Å². The first-order valence-corrected chi connectivity index (χ1v) is 8.71. The fourth-order valence-corrected chi connectivity index (χ4v) is 4.02. The molecule has 5 nitrogen and oxygen atoms in total. The topological polar surface area (TPSA) is 71.1 Å². The van der Waals surface area contributed by atoms with Gasteiger partial charge in [-0.2, -0.15) is 0 Å². The molecule has 0 aliphatic carbocycles. The normalized spacial score (nSPS) is 20.4. The molecule has 1 unspecified atom stereocenters. The van der Waals surface area contributed by atoms with Crippen LogP contribution in [-0.2, 0) is 9.84 Å². The van der Waals surface area contributed by atoms with E-state index in [9.17, 15) is 17.2 Å². The molecule has 1 aliphatic heterocycles. The van der Waals surface area contributed by atoms with Crippen LogP contribution in [-0.4, -0.2) is 37.5 Å². The summed E-state index contributed by atoms with van der Waals surface area (Å²) in [6.07, 6.45) is 1.96. The van der Waals surface area contributed by atoms with Crippen molar-refractivity contribution in [2.24, 2.45) is 0 Å². The molecule has 2 heterocycles. The summed E-state index contributed by atoms with van der Waals surface area (Å²) < 4.78 is 50.6. The highest BCUT2D eigenvalue weighted by molar-refractivity contribution is 7.92. The number of hydrogen-bond donors (Lipinski definition) is 2. The first-order valence-electron chi connectivity index (χ1n) is 6.99. The lowest BCUT2D eigenvalue weighted by molar-refractivity contribution is 0.575. The Kier molecular flexibility index (Phi) is 4.97. The van der Waals surface area contributed by atoms with Crippen LogP contribution in [0.2, 0.25) is 0 Å². The molecule has 21 heavy (non-hydrogen) atoms. The third kappa shape index (κ3) is 3.81. The van der Waals surface area contributed by atoms with Gasteiger partial charge in [0.05, 0.1) is 11.0 Å². The average Bonchev–Trinajstić information content (AvgIpc) is 2.75. The van der Waals surface area contributed by atoms with Crippen LogP contribution in [0, 0.1) is 11.6 Å². The number of halogens is 2. The minimum absolute atomic E-state index is 0.0324. The Morgan fingerprint density at radius 2 is 1.95 bits per heavy atom. The molecule has 0 radical (unpaired) electrons. The van der Waals surface area contributed by atoms with Gasteiger partial charge in [-0.3, -0.25) is 0 Å². The molecule has 1 aromatic rings. The number of nitrogens with one attached hydrogen (secondary N) is 2. The summed E-state index contributed by atoms with van der Waals surface area (Å²) in [5.74, 6) is -1.58. The highest BCUT2D eigenvalue weighted by Gasteiger charge is 2.31. The maximum atomic E-state index is 13.7. The fraction of sp³-hybridized carbons (Fsp3) is 0.615. The fourth-order valence-electron chi connectivity index (χ4n) is 2.26. The predicted octanol–water partition coefficient (Wildman–Crippen LogP) is 2.17. The van der Waals surface area contributed by atoms with Crippen LogP contribution < -0.4 is 10.6 Å². The van der Waals surface area contributed by atoms with E-state index in [2.05, 4.69) is 15.6 Å². The summed E-state index contributed by atoms with van der Waals surface area (Å²) >= 11 is 0. The molecule has 1 atom stereocenters. The lowest BCUT2D eigenvalue weighted by Crippen LogP contribution is -2.26. The van der Waals surface area contributed by atoms with E-state index < -0.39 is 26.7 Å². The second-order valence-electron chi connectivity index (χ2n) is 5.09. The Labute approximate surface area is 123 Å². The summed E-state index contributed by atoms with van der Waals surface area (Å²) in [6.45, 7) is 2.52. The van der Waals surface area contributed by atoms with Crippen molar-refractivity contribution in [2.45, 2.75) is 31.4 Å². The lowest BCUT2D eigenvalue weighted by atomic mass is 10.2. The maximum absolute atomic E-state index is 13.7. The van der Waals surface area contributed by atoms with E-state index in [1.807, 2.05) is 6.92 Å². The summed E-state index contributed by atoms with van der Waals surface area (Å²) in [4.78, 5) is 3.85. The summed E-state index contributed by atoms with van der Waals surface area (Å²) in [6, 6.07) is 0.747. The summed E-state index contributed by atoms with van der Waals surface area (Å²) in [5, 5.41) is 4.91. The molecule has 8 heteroatoms. The first kappa shape index (κ1) is 15.9. The molecule has 1 fully saturated rings. The number of pyridine rings is 1. The van der Waals surface area contributed by atoms with E-state index in [-0.39, 0.29) is 23.9 Å². The third-order valence-corrected chi connectivity index (χ3v) is 5.71. The zero-order chi connectivity index (χ0) is 15.5. The third-order valence-electron chi connectivity index (χ3n) is 3.43. The molecule has 2 N–H and O–H groups in total. The number of hydrogen-bond acceptors (Lipinski definition) is 5. The number of anilines is 2. The zero-order valence-corrected chi connectivity index (χ0v) is 12.6. The second kappa shape index (κ2) is 6.55. The summed E-state index contributed by atoms with van der Waals surface area (Å²) in [5.41, 5.74) is 0. The second-order valence-corrected chi connectivity index (χ2v) is 7.49. The van der Waals surface area contributed by atoms with Gasteiger partial charge >= 0.3 is 0 Å². The molecular weight excluding hydrogens is 300 g/mol. The van der Waals surface area contributed by atoms with Crippen LogP contribution in [0.4, 0.5) is 20.4 Å². The van der Waals surface area contributed by atoms with E-state index in [0.717, 1.165) is 12.5 Å². The molecule has 118 valence electrons. The standard InChI is InChI=1S/C13H19F2N3O2S/c1-2-5-16-12-10(14)7-11(15)13(18-12)17-8-9-4-3-6-21(9,19)20/h7,9H,2-6,8H2,1H3,(H2,16,17,18). The van der Waals surface area contributed by atoms with Crippen molar-refractivity contribution < 1.29 is 17.2 Å². The van der Waals surface area contributed by atoms with Crippen LogP contribution in [0.15, 0.2) is 6.07 Å². The van der Waals surface area contributed by atoms with Crippen molar-refractivity contribution in [2.75, 3.05) is 29.5 Å². The molecule has 0 amide bonds. The van der Waals surface area contributed by atoms with Gasteiger partial charge in [-0.1, -0.05) is 6.92 Å². The van der Waals surface area contributed by atoms with E-state index in [1.54, 1.807) is 0 Å². The highest BCUT2D eigenvalue weighted by Crippen LogP contribution is 2.22. The minimum atomic E-state index is -3.10. The van der Waals surface area contributed by atoms with Crippen molar-refractivity contribution in [3.05, 3.63) is 17.7 Å².